The molecule has 0 aromatic carbocycles. The number of piperidine rings is 2. The van der Waals surface area contributed by atoms with Crippen molar-refractivity contribution in [2.24, 2.45) is 11.7 Å². The van der Waals surface area contributed by atoms with Crippen LogP contribution < -0.4 is 5.73 Å². The van der Waals surface area contributed by atoms with Crippen LogP contribution in [-0.2, 0) is 4.74 Å². The normalized spacial score (nSPS) is 26.1. The zero-order chi connectivity index (χ0) is 17.4. The second kappa shape index (κ2) is 10.7. The van der Waals surface area contributed by atoms with Gasteiger partial charge in [-0.05, 0) is 78.3 Å². The van der Waals surface area contributed by atoms with Gasteiger partial charge in [0.1, 0.15) is 0 Å². The second-order valence-electron chi connectivity index (χ2n) is 7.81. The van der Waals surface area contributed by atoms with Gasteiger partial charge in [0.2, 0.25) is 0 Å². The molecule has 142 valence electrons. The minimum Gasteiger partial charge on any atom is -0.379 e. The molecule has 0 saturated carbocycles. The summed E-state index contributed by atoms with van der Waals surface area (Å²) in [7, 11) is 2.26. The fourth-order valence-electron chi connectivity index (χ4n) is 4.12. The van der Waals surface area contributed by atoms with E-state index < -0.39 is 0 Å². The summed E-state index contributed by atoms with van der Waals surface area (Å²) in [6, 6.07) is 1.25. The zero-order valence-electron chi connectivity index (χ0n) is 16.3. The minimum absolute atomic E-state index is 0.512. The lowest BCUT2D eigenvalue weighted by atomic mass is 9.97. The molecule has 2 saturated heterocycles. The fraction of sp³-hybridized carbons (Fsp3) is 1.00. The smallest absolute Gasteiger partial charge is 0.0619 e. The molecule has 0 spiro atoms. The van der Waals surface area contributed by atoms with Crippen molar-refractivity contribution in [1.82, 2.24) is 14.7 Å². The third kappa shape index (κ3) is 6.26. The predicted molar refractivity (Wildman–Crippen MR) is 101 cm³/mol. The topological polar surface area (TPSA) is 45.0 Å². The highest BCUT2D eigenvalue weighted by Gasteiger charge is 2.23. The van der Waals surface area contributed by atoms with E-state index in [0.717, 1.165) is 38.9 Å². The third-order valence-corrected chi connectivity index (χ3v) is 6.08. The summed E-state index contributed by atoms with van der Waals surface area (Å²) >= 11 is 0. The Morgan fingerprint density at radius 1 is 1.21 bits per heavy atom. The first-order chi connectivity index (χ1) is 11.6. The van der Waals surface area contributed by atoms with E-state index in [9.17, 15) is 0 Å². The summed E-state index contributed by atoms with van der Waals surface area (Å²) < 4.78 is 6.00. The van der Waals surface area contributed by atoms with Crippen molar-refractivity contribution < 1.29 is 4.74 Å². The van der Waals surface area contributed by atoms with Gasteiger partial charge in [0.25, 0.3) is 0 Å². The number of likely N-dealkylation sites (N-methyl/N-ethyl adjacent to an activating group) is 1. The van der Waals surface area contributed by atoms with Crippen molar-refractivity contribution in [3.63, 3.8) is 0 Å². The van der Waals surface area contributed by atoms with Crippen LogP contribution in [-0.4, -0.2) is 92.9 Å². The molecule has 0 amide bonds. The Hall–Kier alpha value is -0.200. The molecular weight excluding hydrogens is 300 g/mol. The summed E-state index contributed by atoms with van der Waals surface area (Å²) in [6.07, 6.45) is 5.18. The van der Waals surface area contributed by atoms with Gasteiger partial charge in [-0.3, -0.25) is 4.90 Å². The Kier molecular flexibility index (Phi) is 8.98. The second-order valence-corrected chi connectivity index (χ2v) is 7.81. The highest BCUT2D eigenvalue weighted by atomic mass is 16.5. The largest absolute Gasteiger partial charge is 0.379 e. The molecule has 24 heavy (non-hydrogen) atoms. The van der Waals surface area contributed by atoms with E-state index >= 15 is 0 Å². The molecule has 2 N–H and O–H groups in total. The summed E-state index contributed by atoms with van der Waals surface area (Å²) in [5.74, 6) is 0.682. The van der Waals surface area contributed by atoms with E-state index in [-0.39, 0.29) is 0 Å². The Morgan fingerprint density at radius 3 is 2.62 bits per heavy atom. The van der Waals surface area contributed by atoms with E-state index in [1.165, 1.54) is 51.9 Å². The van der Waals surface area contributed by atoms with E-state index in [1.54, 1.807) is 0 Å². The standard InChI is InChI=1S/C19H40N4O/c1-4-22-10-7-19(8-11-22)21(3)12-13-24-16-17(2)23-9-5-6-18(14-20)15-23/h17-19H,4-16,20H2,1-3H3. The van der Waals surface area contributed by atoms with E-state index in [0.29, 0.717) is 12.0 Å². The van der Waals surface area contributed by atoms with Gasteiger partial charge in [-0.25, -0.2) is 0 Å². The fourth-order valence-corrected chi connectivity index (χ4v) is 4.12. The molecule has 2 fully saturated rings. The maximum absolute atomic E-state index is 6.00. The quantitative estimate of drug-likeness (QED) is 0.644. The van der Waals surface area contributed by atoms with Gasteiger partial charge in [-0.15, -0.1) is 0 Å². The molecule has 2 aliphatic rings. The van der Waals surface area contributed by atoms with E-state index in [1.807, 2.05) is 0 Å². The highest BCUT2D eigenvalue weighted by Crippen LogP contribution is 2.18. The molecule has 2 aliphatic heterocycles. The maximum atomic E-state index is 6.00. The van der Waals surface area contributed by atoms with Gasteiger partial charge < -0.3 is 20.3 Å². The van der Waals surface area contributed by atoms with Crippen LogP contribution in [0.2, 0.25) is 0 Å². The van der Waals surface area contributed by atoms with Crippen LogP contribution >= 0.6 is 0 Å². The van der Waals surface area contributed by atoms with Gasteiger partial charge in [-0.1, -0.05) is 6.92 Å². The van der Waals surface area contributed by atoms with Gasteiger partial charge >= 0.3 is 0 Å². The molecule has 2 heterocycles. The summed E-state index contributed by atoms with van der Waals surface area (Å²) in [5.41, 5.74) is 5.84. The summed E-state index contributed by atoms with van der Waals surface area (Å²) in [5, 5.41) is 0. The lowest BCUT2D eigenvalue weighted by Gasteiger charge is -2.37. The Balaban J connectivity index is 1.57. The third-order valence-electron chi connectivity index (χ3n) is 6.08. The maximum Gasteiger partial charge on any atom is 0.0619 e. The average Bonchev–Trinajstić information content (AvgIpc) is 2.65. The molecule has 5 nitrogen and oxygen atoms in total. The molecule has 0 bridgehead atoms. The molecule has 0 aliphatic carbocycles. The minimum atomic E-state index is 0.512. The van der Waals surface area contributed by atoms with Crippen LogP contribution in [0.1, 0.15) is 39.5 Å². The summed E-state index contributed by atoms with van der Waals surface area (Å²) in [4.78, 5) is 7.62. The monoisotopic (exact) mass is 340 g/mol. The number of ether oxygens (including phenoxy) is 1. The lowest BCUT2D eigenvalue weighted by molar-refractivity contribution is 0.0309. The van der Waals surface area contributed by atoms with Crippen molar-refractivity contribution in [3.8, 4) is 0 Å². The summed E-state index contributed by atoms with van der Waals surface area (Å²) in [6.45, 7) is 14.2. The molecule has 2 rings (SSSR count). The molecule has 2 atom stereocenters. The Labute approximate surface area is 149 Å². The number of nitrogens with zero attached hydrogens (tertiary/aromatic N) is 3. The van der Waals surface area contributed by atoms with Crippen molar-refractivity contribution in [3.05, 3.63) is 0 Å². The van der Waals surface area contributed by atoms with Gasteiger partial charge in [0.15, 0.2) is 0 Å². The van der Waals surface area contributed by atoms with Crippen LogP contribution in [0.5, 0.6) is 0 Å². The van der Waals surface area contributed by atoms with Crippen LogP contribution in [0.15, 0.2) is 0 Å². The number of hydrogen-bond acceptors (Lipinski definition) is 5. The van der Waals surface area contributed by atoms with Gasteiger partial charge in [-0.2, -0.15) is 0 Å². The first kappa shape index (κ1) is 20.1. The van der Waals surface area contributed by atoms with Crippen molar-refractivity contribution in [1.29, 1.82) is 0 Å². The first-order valence-electron chi connectivity index (χ1n) is 10.1. The number of hydrogen-bond donors (Lipinski definition) is 1. The molecule has 0 aromatic heterocycles. The van der Waals surface area contributed by atoms with Crippen molar-refractivity contribution in [2.45, 2.75) is 51.6 Å². The van der Waals surface area contributed by atoms with Crippen molar-refractivity contribution in [2.75, 3.05) is 66.1 Å². The van der Waals surface area contributed by atoms with Crippen LogP contribution in [0.3, 0.4) is 0 Å². The molecule has 5 heteroatoms. The molecule has 2 unspecified atom stereocenters. The zero-order valence-corrected chi connectivity index (χ0v) is 16.3. The predicted octanol–water partition coefficient (Wildman–Crippen LogP) is 1.48. The lowest BCUT2D eigenvalue weighted by Crippen LogP contribution is -2.46. The van der Waals surface area contributed by atoms with Gasteiger partial charge in [0.05, 0.1) is 13.2 Å². The molecule has 0 radical (unpaired) electrons. The highest BCUT2D eigenvalue weighted by molar-refractivity contribution is 4.79. The average molecular weight is 341 g/mol. The van der Waals surface area contributed by atoms with Gasteiger partial charge in [0, 0.05) is 25.2 Å². The molecular formula is C19H40N4O. The molecule has 0 aromatic rings. The Morgan fingerprint density at radius 2 is 1.96 bits per heavy atom. The Bertz CT molecular complexity index is 333. The SMILES string of the molecule is CCN1CCC(N(C)CCOCC(C)N2CCCC(CN)C2)CC1. The van der Waals surface area contributed by atoms with E-state index in [2.05, 4.69) is 35.6 Å². The van der Waals surface area contributed by atoms with Crippen LogP contribution in [0.4, 0.5) is 0 Å². The van der Waals surface area contributed by atoms with E-state index in [4.69, 9.17) is 10.5 Å². The number of nitrogens with two attached hydrogens (primary N) is 1. The van der Waals surface area contributed by atoms with Crippen LogP contribution in [0, 0.1) is 5.92 Å². The number of rotatable bonds is 9. The van der Waals surface area contributed by atoms with Crippen molar-refractivity contribution >= 4 is 0 Å². The van der Waals surface area contributed by atoms with Crippen LogP contribution in [0.25, 0.3) is 0 Å². The number of likely N-dealkylation sites (tertiary alicyclic amines) is 2. The first-order valence-corrected chi connectivity index (χ1v) is 10.1.